The average molecular weight is 447 g/mol. The van der Waals surface area contributed by atoms with Crippen molar-refractivity contribution in [3.8, 4) is 0 Å². The first-order chi connectivity index (χ1) is 15.6. The molecule has 4 N–H and O–H groups in total. The molecule has 0 aromatic heterocycles. The van der Waals surface area contributed by atoms with E-state index in [1.807, 2.05) is 0 Å². The van der Waals surface area contributed by atoms with Gasteiger partial charge in [-0.2, -0.15) is 0 Å². The SMILES string of the molecule is CCCCCCCCCCCCCCCCCCNC(=O)c1ccc(C(N)=O)cc1CO. The van der Waals surface area contributed by atoms with Gasteiger partial charge in [-0.25, -0.2) is 0 Å². The lowest BCUT2D eigenvalue weighted by atomic mass is 10.0. The van der Waals surface area contributed by atoms with Crippen LogP contribution in [0.4, 0.5) is 0 Å². The van der Waals surface area contributed by atoms with E-state index < -0.39 is 5.91 Å². The molecule has 32 heavy (non-hydrogen) atoms. The van der Waals surface area contributed by atoms with Gasteiger partial charge in [-0.1, -0.05) is 103 Å². The third kappa shape index (κ3) is 12.8. The number of benzene rings is 1. The van der Waals surface area contributed by atoms with Gasteiger partial charge in [0.25, 0.3) is 5.91 Å². The smallest absolute Gasteiger partial charge is 0.251 e. The number of hydrogen-bond acceptors (Lipinski definition) is 3. The summed E-state index contributed by atoms with van der Waals surface area (Å²) < 4.78 is 0. The molecule has 1 aromatic rings. The van der Waals surface area contributed by atoms with Gasteiger partial charge < -0.3 is 16.2 Å². The number of aliphatic hydroxyl groups is 1. The third-order valence-corrected chi connectivity index (χ3v) is 6.12. The van der Waals surface area contributed by atoms with Crippen LogP contribution < -0.4 is 11.1 Å². The van der Waals surface area contributed by atoms with Gasteiger partial charge in [0.05, 0.1) is 6.61 Å². The van der Waals surface area contributed by atoms with E-state index in [0.29, 0.717) is 23.2 Å². The Hall–Kier alpha value is -1.88. The van der Waals surface area contributed by atoms with E-state index in [0.717, 1.165) is 12.8 Å². The van der Waals surface area contributed by atoms with Crippen molar-refractivity contribution in [2.45, 2.75) is 116 Å². The number of hydrogen-bond donors (Lipinski definition) is 3. The Kier molecular flexibility index (Phi) is 16.4. The summed E-state index contributed by atoms with van der Waals surface area (Å²) in [5.41, 5.74) is 6.36. The molecule has 0 fully saturated rings. The quantitative estimate of drug-likeness (QED) is 0.206. The first kappa shape index (κ1) is 28.2. The highest BCUT2D eigenvalue weighted by molar-refractivity contribution is 5.98. The number of nitrogens with two attached hydrogens (primary N) is 1. The highest BCUT2D eigenvalue weighted by atomic mass is 16.3. The van der Waals surface area contributed by atoms with Crippen LogP contribution in [0.25, 0.3) is 0 Å². The summed E-state index contributed by atoms with van der Waals surface area (Å²) in [6, 6.07) is 4.55. The fourth-order valence-electron chi connectivity index (χ4n) is 4.07. The van der Waals surface area contributed by atoms with Crippen molar-refractivity contribution in [1.82, 2.24) is 5.32 Å². The molecule has 0 aliphatic rings. The Morgan fingerprint density at radius 2 is 1.25 bits per heavy atom. The Bertz CT molecular complexity index is 646. The highest BCUT2D eigenvalue weighted by Gasteiger charge is 2.12. The van der Waals surface area contributed by atoms with Crippen LogP contribution >= 0.6 is 0 Å². The van der Waals surface area contributed by atoms with Crippen LogP contribution in [-0.4, -0.2) is 23.5 Å². The molecule has 5 nitrogen and oxygen atoms in total. The third-order valence-electron chi connectivity index (χ3n) is 6.12. The van der Waals surface area contributed by atoms with Crippen molar-refractivity contribution in [2.75, 3.05) is 6.54 Å². The largest absolute Gasteiger partial charge is 0.392 e. The van der Waals surface area contributed by atoms with E-state index in [-0.39, 0.29) is 12.5 Å². The lowest BCUT2D eigenvalue weighted by Gasteiger charge is -2.10. The lowest BCUT2D eigenvalue weighted by Crippen LogP contribution is -2.26. The molecule has 5 heteroatoms. The summed E-state index contributed by atoms with van der Waals surface area (Å²) in [6.45, 7) is 2.59. The summed E-state index contributed by atoms with van der Waals surface area (Å²) in [7, 11) is 0. The topological polar surface area (TPSA) is 92.4 Å². The molecule has 0 aliphatic heterocycles. The van der Waals surface area contributed by atoms with Crippen molar-refractivity contribution < 1.29 is 14.7 Å². The van der Waals surface area contributed by atoms with Crippen molar-refractivity contribution in [3.63, 3.8) is 0 Å². The molecule has 2 amide bonds. The van der Waals surface area contributed by atoms with Gasteiger partial charge in [0.15, 0.2) is 0 Å². The molecule has 0 heterocycles. The predicted molar refractivity (Wildman–Crippen MR) is 133 cm³/mol. The van der Waals surface area contributed by atoms with Crippen LogP contribution in [0.1, 0.15) is 136 Å². The van der Waals surface area contributed by atoms with Crippen LogP contribution in [0.15, 0.2) is 18.2 Å². The molecule has 0 saturated heterocycles. The summed E-state index contributed by atoms with van der Waals surface area (Å²) in [6.07, 6.45) is 21.2. The number of amides is 2. The number of nitrogens with one attached hydrogen (secondary N) is 1. The van der Waals surface area contributed by atoms with Gasteiger partial charge in [-0.05, 0) is 30.2 Å². The minimum atomic E-state index is -0.570. The maximum atomic E-state index is 12.3. The van der Waals surface area contributed by atoms with Gasteiger partial charge in [0.2, 0.25) is 5.91 Å². The molecule has 0 saturated carbocycles. The van der Waals surface area contributed by atoms with Crippen molar-refractivity contribution >= 4 is 11.8 Å². The molecule has 0 spiro atoms. The standard InChI is InChI=1S/C27H46N2O3/c1-2-3-4-5-6-7-8-9-10-11-12-13-14-15-16-17-20-29-27(32)25-19-18-23(26(28)31)21-24(25)22-30/h18-19,21,30H,2-17,20,22H2,1H3,(H2,28,31)(H,29,32). The zero-order chi connectivity index (χ0) is 23.4. The number of carbonyl (C=O) groups excluding carboxylic acids is 2. The van der Waals surface area contributed by atoms with E-state index in [9.17, 15) is 14.7 Å². The molecular formula is C27H46N2O3. The Labute approximate surface area is 195 Å². The van der Waals surface area contributed by atoms with Crippen LogP contribution in [0.2, 0.25) is 0 Å². The number of rotatable bonds is 20. The first-order valence-electron chi connectivity index (χ1n) is 12.9. The molecule has 0 unspecified atom stereocenters. The zero-order valence-electron chi connectivity index (χ0n) is 20.3. The number of carbonyl (C=O) groups is 2. The monoisotopic (exact) mass is 446 g/mol. The second kappa shape index (κ2) is 18.7. The second-order valence-corrected chi connectivity index (χ2v) is 8.95. The van der Waals surface area contributed by atoms with Gasteiger partial charge in [0, 0.05) is 17.7 Å². The van der Waals surface area contributed by atoms with E-state index >= 15 is 0 Å². The maximum absolute atomic E-state index is 12.3. The number of aliphatic hydroxyl groups excluding tert-OH is 1. The first-order valence-corrected chi connectivity index (χ1v) is 12.9. The second-order valence-electron chi connectivity index (χ2n) is 8.95. The lowest BCUT2D eigenvalue weighted by molar-refractivity contribution is 0.0947. The van der Waals surface area contributed by atoms with E-state index in [2.05, 4.69) is 12.2 Å². The Balaban J connectivity index is 1.97. The Morgan fingerprint density at radius 3 is 1.69 bits per heavy atom. The minimum absolute atomic E-state index is 0.217. The fourth-order valence-corrected chi connectivity index (χ4v) is 4.07. The predicted octanol–water partition coefficient (Wildman–Crippen LogP) is 6.27. The van der Waals surface area contributed by atoms with Crippen molar-refractivity contribution in [3.05, 3.63) is 34.9 Å². The summed E-state index contributed by atoms with van der Waals surface area (Å²) >= 11 is 0. The molecule has 0 atom stereocenters. The summed E-state index contributed by atoms with van der Waals surface area (Å²) in [5, 5.41) is 12.4. The minimum Gasteiger partial charge on any atom is -0.392 e. The number of primary amides is 1. The normalized spacial score (nSPS) is 10.9. The van der Waals surface area contributed by atoms with Crippen LogP contribution in [0, 0.1) is 0 Å². The van der Waals surface area contributed by atoms with E-state index in [4.69, 9.17) is 5.73 Å². The molecule has 0 radical (unpaired) electrons. The highest BCUT2D eigenvalue weighted by Crippen LogP contribution is 2.14. The van der Waals surface area contributed by atoms with Gasteiger partial charge >= 0.3 is 0 Å². The molecule has 0 bridgehead atoms. The van der Waals surface area contributed by atoms with Crippen LogP contribution in [-0.2, 0) is 6.61 Å². The molecule has 0 aliphatic carbocycles. The van der Waals surface area contributed by atoms with Gasteiger partial charge in [0.1, 0.15) is 0 Å². The summed E-state index contributed by atoms with van der Waals surface area (Å²) in [5.74, 6) is -0.786. The Morgan fingerprint density at radius 1 is 0.781 bits per heavy atom. The van der Waals surface area contributed by atoms with Crippen molar-refractivity contribution in [2.24, 2.45) is 5.73 Å². The van der Waals surface area contributed by atoms with E-state index in [1.165, 1.54) is 102 Å². The van der Waals surface area contributed by atoms with Crippen molar-refractivity contribution in [1.29, 1.82) is 0 Å². The van der Waals surface area contributed by atoms with Gasteiger partial charge in [-0.3, -0.25) is 9.59 Å². The fraction of sp³-hybridized carbons (Fsp3) is 0.704. The van der Waals surface area contributed by atoms with E-state index in [1.54, 1.807) is 6.07 Å². The molecule has 1 aromatic carbocycles. The molecule has 1 rings (SSSR count). The van der Waals surface area contributed by atoms with Gasteiger partial charge in [-0.15, -0.1) is 0 Å². The van der Waals surface area contributed by atoms with Crippen LogP contribution in [0.5, 0.6) is 0 Å². The summed E-state index contributed by atoms with van der Waals surface area (Å²) in [4.78, 5) is 23.6. The molecule has 182 valence electrons. The maximum Gasteiger partial charge on any atom is 0.251 e. The average Bonchev–Trinajstić information content (AvgIpc) is 2.80. The van der Waals surface area contributed by atoms with Crippen LogP contribution in [0.3, 0.4) is 0 Å². The number of unbranched alkanes of at least 4 members (excludes halogenated alkanes) is 15. The zero-order valence-corrected chi connectivity index (χ0v) is 20.3. The molecular weight excluding hydrogens is 400 g/mol.